The highest BCUT2D eigenvalue weighted by Gasteiger charge is 2.12. The molecule has 0 radical (unpaired) electrons. The lowest BCUT2D eigenvalue weighted by molar-refractivity contribution is -0.172. The van der Waals surface area contributed by atoms with Gasteiger partial charge in [0.15, 0.2) is 0 Å². The van der Waals surface area contributed by atoms with Crippen molar-refractivity contribution in [2.24, 2.45) is 0 Å². The Morgan fingerprint density at radius 2 is 2.00 bits per heavy atom. The van der Waals surface area contributed by atoms with Gasteiger partial charge in [0, 0.05) is 6.92 Å². The predicted molar refractivity (Wildman–Crippen MR) is 52.5 cm³/mol. The van der Waals surface area contributed by atoms with Crippen LogP contribution in [0, 0.1) is 0 Å². The molecule has 0 aliphatic rings. The van der Waals surface area contributed by atoms with Gasteiger partial charge in [0.1, 0.15) is 0 Å². The number of hydroxylamine groups is 2. The standard InChI is InChI=1S/C10H21NO2/c1-4-5-6-7-8-9(2)11(13)10(3)12/h9,13H,4-8H2,1-3H3. The molecule has 0 bridgehead atoms. The summed E-state index contributed by atoms with van der Waals surface area (Å²) in [6.45, 7) is 5.41. The van der Waals surface area contributed by atoms with E-state index < -0.39 is 0 Å². The van der Waals surface area contributed by atoms with E-state index in [2.05, 4.69) is 6.92 Å². The summed E-state index contributed by atoms with van der Waals surface area (Å²) >= 11 is 0. The smallest absolute Gasteiger partial charge is 0.243 e. The molecule has 0 aromatic heterocycles. The summed E-state index contributed by atoms with van der Waals surface area (Å²) in [5, 5.41) is 10.1. The molecule has 0 fully saturated rings. The summed E-state index contributed by atoms with van der Waals surface area (Å²) in [7, 11) is 0. The summed E-state index contributed by atoms with van der Waals surface area (Å²) < 4.78 is 0. The van der Waals surface area contributed by atoms with Gasteiger partial charge in [-0.25, -0.2) is 5.06 Å². The monoisotopic (exact) mass is 187 g/mol. The Kier molecular flexibility index (Phi) is 6.59. The van der Waals surface area contributed by atoms with Crippen LogP contribution in [0.1, 0.15) is 52.9 Å². The zero-order chi connectivity index (χ0) is 10.3. The molecule has 0 heterocycles. The minimum Gasteiger partial charge on any atom is -0.286 e. The Morgan fingerprint density at radius 3 is 2.46 bits per heavy atom. The Balaban J connectivity index is 3.50. The molecule has 78 valence electrons. The van der Waals surface area contributed by atoms with Crippen LogP contribution in [0.4, 0.5) is 0 Å². The van der Waals surface area contributed by atoms with Crippen molar-refractivity contribution in [2.75, 3.05) is 0 Å². The number of unbranched alkanes of at least 4 members (excludes halogenated alkanes) is 3. The Morgan fingerprint density at radius 1 is 1.38 bits per heavy atom. The number of rotatable bonds is 6. The second-order valence-corrected chi connectivity index (χ2v) is 3.56. The molecule has 1 N–H and O–H groups in total. The third-order valence-electron chi connectivity index (χ3n) is 2.22. The van der Waals surface area contributed by atoms with E-state index in [1.165, 1.54) is 26.2 Å². The first-order chi connectivity index (χ1) is 6.09. The minimum atomic E-state index is -0.275. The molecule has 3 nitrogen and oxygen atoms in total. The Labute approximate surface area is 80.7 Å². The van der Waals surface area contributed by atoms with Crippen LogP contribution in [-0.4, -0.2) is 22.2 Å². The highest BCUT2D eigenvalue weighted by atomic mass is 16.5. The van der Waals surface area contributed by atoms with E-state index in [-0.39, 0.29) is 11.9 Å². The molecule has 1 amide bonds. The average Bonchev–Trinajstić information content (AvgIpc) is 2.10. The second kappa shape index (κ2) is 6.89. The number of nitrogens with zero attached hydrogens (tertiary/aromatic N) is 1. The SMILES string of the molecule is CCCCCCC(C)N(O)C(C)=O. The van der Waals surface area contributed by atoms with Crippen LogP contribution < -0.4 is 0 Å². The van der Waals surface area contributed by atoms with Crippen molar-refractivity contribution in [3.05, 3.63) is 0 Å². The van der Waals surface area contributed by atoms with Gasteiger partial charge in [-0.15, -0.1) is 0 Å². The summed E-state index contributed by atoms with van der Waals surface area (Å²) in [5.41, 5.74) is 0. The summed E-state index contributed by atoms with van der Waals surface area (Å²) in [6.07, 6.45) is 5.60. The predicted octanol–water partition coefficient (Wildman–Crippen LogP) is 2.58. The van der Waals surface area contributed by atoms with Crippen LogP contribution in [0.5, 0.6) is 0 Å². The topological polar surface area (TPSA) is 40.5 Å². The van der Waals surface area contributed by atoms with Crippen LogP contribution >= 0.6 is 0 Å². The molecule has 0 aliphatic carbocycles. The number of carbonyl (C=O) groups excluding carboxylic acids is 1. The molecule has 0 aromatic rings. The lowest BCUT2D eigenvalue weighted by Gasteiger charge is -2.20. The molecule has 0 spiro atoms. The van der Waals surface area contributed by atoms with Crippen molar-refractivity contribution in [1.82, 2.24) is 5.06 Å². The van der Waals surface area contributed by atoms with Gasteiger partial charge in [0.25, 0.3) is 0 Å². The van der Waals surface area contributed by atoms with Crippen molar-refractivity contribution in [1.29, 1.82) is 0 Å². The lowest BCUT2D eigenvalue weighted by Crippen LogP contribution is -2.33. The molecule has 0 saturated heterocycles. The molecule has 0 aliphatic heterocycles. The first kappa shape index (κ1) is 12.4. The molecular weight excluding hydrogens is 166 g/mol. The summed E-state index contributed by atoms with van der Waals surface area (Å²) in [6, 6.07) is -0.0469. The fourth-order valence-electron chi connectivity index (χ4n) is 1.30. The molecule has 13 heavy (non-hydrogen) atoms. The maximum absolute atomic E-state index is 10.7. The number of hydrogen-bond donors (Lipinski definition) is 1. The van der Waals surface area contributed by atoms with Gasteiger partial charge in [-0.2, -0.15) is 0 Å². The third kappa shape index (κ3) is 5.64. The van der Waals surface area contributed by atoms with Crippen molar-refractivity contribution in [2.45, 2.75) is 58.9 Å². The molecule has 3 heteroatoms. The fraction of sp³-hybridized carbons (Fsp3) is 0.900. The summed E-state index contributed by atoms with van der Waals surface area (Å²) in [4.78, 5) is 10.7. The van der Waals surface area contributed by atoms with Gasteiger partial charge in [0.05, 0.1) is 6.04 Å². The normalized spacial score (nSPS) is 12.6. The highest BCUT2D eigenvalue weighted by Crippen LogP contribution is 2.09. The zero-order valence-corrected chi connectivity index (χ0v) is 8.92. The Bertz CT molecular complexity index is 148. The van der Waals surface area contributed by atoms with Crippen molar-refractivity contribution in [3.8, 4) is 0 Å². The van der Waals surface area contributed by atoms with E-state index in [0.29, 0.717) is 0 Å². The van der Waals surface area contributed by atoms with E-state index in [1.54, 1.807) is 0 Å². The second-order valence-electron chi connectivity index (χ2n) is 3.56. The maximum Gasteiger partial charge on any atom is 0.243 e. The van der Waals surface area contributed by atoms with Crippen LogP contribution in [0.25, 0.3) is 0 Å². The van der Waals surface area contributed by atoms with Crippen LogP contribution in [0.15, 0.2) is 0 Å². The van der Waals surface area contributed by atoms with E-state index >= 15 is 0 Å². The average molecular weight is 187 g/mol. The highest BCUT2D eigenvalue weighted by molar-refractivity contribution is 5.72. The summed E-state index contributed by atoms with van der Waals surface area (Å²) in [5.74, 6) is -0.275. The number of carbonyl (C=O) groups is 1. The third-order valence-corrected chi connectivity index (χ3v) is 2.22. The van der Waals surface area contributed by atoms with Gasteiger partial charge >= 0.3 is 0 Å². The molecule has 1 atom stereocenters. The molecule has 1 unspecified atom stereocenters. The van der Waals surface area contributed by atoms with Gasteiger partial charge in [0.2, 0.25) is 5.91 Å². The van der Waals surface area contributed by atoms with Crippen LogP contribution in [0.3, 0.4) is 0 Å². The first-order valence-electron chi connectivity index (χ1n) is 5.08. The molecule has 0 saturated carbocycles. The Hall–Kier alpha value is -0.570. The lowest BCUT2D eigenvalue weighted by atomic mass is 10.1. The molecule has 0 aromatic carbocycles. The van der Waals surface area contributed by atoms with E-state index in [1.807, 2.05) is 6.92 Å². The maximum atomic E-state index is 10.7. The largest absolute Gasteiger partial charge is 0.286 e. The van der Waals surface area contributed by atoms with Crippen LogP contribution in [-0.2, 0) is 4.79 Å². The quantitative estimate of drug-likeness (QED) is 0.394. The number of hydrogen-bond acceptors (Lipinski definition) is 2. The van der Waals surface area contributed by atoms with Crippen molar-refractivity contribution < 1.29 is 10.0 Å². The van der Waals surface area contributed by atoms with Crippen molar-refractivity contribution in [3.63, 3.8) is 0 Å². The minimum absolute atomic E-state index is 0.0469. The zero-order valence-electron chi connectivity index (χ0n) is 8.92. The first-order valence-corrected chi connectivity index (χ1v) is 5.08. The van der Waals surface area contributed by atoms with Gasteiger partial charge in [-0.3, -0.25) is 10.0 Å². The van der Waals surface area contributed by atoms with Gasteiger partial charge in [-0.05, 0) is 13.3 Å². The molecular formula is C10H21NO2. The van der Waals surface area contributed by atoms with E-state index in [0.717, 1.165) is 17.9 Å². The van der Waals surface area contributed by atoms with E-state index in [4.69, 9.17) is 0 Å². The fourth-order valence-corrected chi connectivity index (χ4v) is 1.30. The van der Waals surface area contributed by atoms with Gasteiger partial charge in [-0.1, -0.05) is 32.6 Å². The number of amides is 1. The van der Waals surface area contributed by atoms with Crippen molar-refractivity contribution >= 4 is 5.91 Å². The van der Waals surface area contributed by atoms with Crippen LogP contribution in [0.2, 0.25) is 0 Å². The molecule has 0 rings (SSSR count). The van der Waals surface area contributed by atoms with E-state index in [9.17, 15) is 10.0 Å². The van der Waals surface area contributed by atoms with Gasteiger partial charge < -0.3 is 0 Å².